The molecule has 0 atom stereocenters. The first-order valence-electron chi connectivity index (χ1n) is 4.47. The number of hydrogen-bond acceptors (Lipinski definition) is 2. The van der Waals surface area contributed by atoms with Gasteiger partial charge in [-0.1, -0.05) is 30.3 Å². The van der Waals surface area contributed by atoms with Crippen LogP contribution in [0.15, 0.2) is 36.3 Å². The second-order valence-corrected chi connectivity index (χ2v) is 2.92. The van der Waals surface area contributed by atoms with Crippen LogP contribution in [0.1, 0.15) is 12.0 Å². The summed E-state index contributed by atoms with van der Waals surface area (Å²) in [4.78, 5) is 0. The molecule has 1 fully saturated rings. The molecule has 1 aliphatic rings. The van der Waals surface area contributed by atoms with Crippen LogP contribution in [0.3, 0.4) is 0 Å². The van der Waals surface area contributed by atoms with Crippen LogP contribution in [-0.2, 0) is 9.47 Å². The minimum atomic E-state index is 0.637. The molecule has 2 nitrogen and oxygen atoms in total. The highest BCUT2D eigenvalue weighted by Gasteiger charge is 2.05. The molecule has 2 heteroatoms. The summed E-state index contributed by atoms with van der Waals surface area (Å²) in [5.41, 5.74) is 1.11. The van der Waals surface area contributed by atoms with Gasteiger partial charge in [0.05, 0.1) is 13.2 Å². The van der Waals surface area contributed by atoms with Crippen molar-refractivity contribution in [2.75, 3.05) is 13.2 Å². The van der Waals surface area contributed by atoms with Crippen LogP contribution in [0, 0.1) is 0 Å². The van der Waals surface area contributed by atoms with Gasteiger partial charge in [0.15, 0.2) is 0 Å². The summed E-state index contributed by atoms with van der Waals surface area (Å²) < 4.78 is 10.6. The van der Waals surface area contributed by atoms with Crippen molar-refractivity contribution < 1.29 is 9.47 Å². The Morgan fingerprint density at radius 3 is 2.38 bits per heavy atom. The molecule has 0 aromatic heterocycles. The third kappa shape index (κ3) is 2.25. The molecule has 1 aromatic carbocycles. The van der Waals surface area contributed by atoms with Crippen molar-refractivity contribution in [2.24, 2.45) is 0 Å². The van der Waals surface area contributed by atoms with Crippen molar-refractivity contribution in [2.45, 2.75) is 6.42 Å². The molecule has 0 radical (unpaired) electrons. The molecule has 1 aromatic rings. The lowest BCUT2D eigenvalue weighted by Crippen LogP contribution is -2.09. The lowest BCUT2D eigenvalue weighted by Gasteiger charge is -2.16. The minimum absolute atomic E-state index is 0.637. The zero-order chi connectivity index (χ0) is 8.93. The van der Waals surface area contributed by atoms with Crippen LogP contribution in [0.4, 0.5) is 0 Å². The Kier molecular flexibility index (Phi) is 2.51. The van der Waals surface area contributed by atoms with Crippen molar-refractivity contribution in [1.82, 2.24) is 0 Å². The molecule has 0 bridgehead atoms. The summed E-state index contributed by atoms with van der Waals surface area (Å²) in [7, 11) is 0. The van der Waals surface area contributed by atoms with Crippen molar-refractivity contribution in [1.29, 1.82) is 0 Å². The van der Waals surface area contributed by atoms with Crippen LogP contribution < -0.4 is 0 Å². The van der Waals surface area contributed by atoms with Crippen LogP contribution >= 0.6 is 0 Å². The quantitative estimate of drug-likeness (QED) is 0.654. The Morgan fingerprint density at radius 1 is 1.00 bits per heavy atom. The van der Waals surface area contributed by atoms with E-state index in [0.717, 1.165) is 25.2 Å². The van der Waals surface area contributed by atoms with E-state index in [2.05, 4.69) is 0 Å². The third-order valence-corrected chi connectivity index (χ3v) is 1.86. The summed E-state index contributed by atoms with van der Waals surface area (Å²) >= 11 is 0. The first kappa shape index (κ1) is 8.17. The van der Waals surface area contributed by atoms with Crippen LogP contribution in [0.25, 0.3) is 6.08 Å². The molecular weight excluding hydrogens is 164 g/mol. The second kappa shape index (κ2) is 3.99. The Hall–Kier alpha value is -1.44. The van der Waals surface area contributed by atoms with E-state index < -0.39 is 0 Å². The van der Waals surface area contributed by atoms with E-state index in [-0.39, 0.29) is 0 Å². The maximum absolute atomic E-state index is 5.32. The predicted octanol–water partition coefficient (Wildman–Crippen LogP) is 2.42. The molecule has 0 spiro atoms. The van der Waals surface area contributed by atoms with Gasteiger partial charge in [0, 0.05) is 12.5 Å². The lowest BCUT2D eigenvalue weighted by atomic mass is 10.2. The van der Waals surface area contributed by atoms with Crippen LogP contribution in [0.5, 0.6) is 0 Å². The van der Waals surface area contributed by atoms with E-state index in [1.54, 1.807) is 0 Å². The van der Waals surface area contributed by atoms with Crippen molar-refractivity contribution >= 4 is 6.08 Å². The fourth-order valence-electron chi connectivity index (χ4n) is 1.21. The molecule has 68 valence electrons. The SMILES string of the molecule is C(=C1OCCCO1)c1ccccc1. The second-order valence-electron chi connectivity index (χ2n) is 2.92. The molecule has 0 saturated carbocycles. The molecular formula is C11H12O2. The summed E-state index contributed by atoms with van der Waals surface area (Å²) in [5, 5.41) is 0. The van der Waals surface area contributed by atoms with E-state index >= 15 is 0 Å². The highest BCUT2D eigenvalue weighted by atomic mass is 16.7. The third-order valence-electron chi connectivity index (χ3n) is 1.86. The number of benzene rings is 1. The van der Waals surface area contributed by atoms with E-state index in [0.29, 0.717) is 5.95 Å². The van der Waals surface area contributed by atoms with E-state index in [1.165, 1.54) is 0 Å². The minimum Gasteiger partial charge on any atom is -0.465 e. The van der Waals surface area contributed by atoms with Gasteiger partial charge in [-0.05, 0) is 5.56 Å². The number of ether oxygens (including phenoxy) is 2. The fourth-order valence-corrected chi connectivity index (χ4v) is 1.21. The topological polar surface area (TPSA) is 18.5 Å². The molecule has 1 aliphatic heterocycles. The van der Waals surface area contributed by atoms with Crippen LogP contribution in [-0.4, -0.2) is 13.2 Å². The van der Waals surface area contributed by atoms with Gasteiger partial charge in [-0.2, -0.15) is 0 Å². The zero-order valence-corrected chi connectivity index (χ0v) is 7.40. The van der Waals surface area contributed by atoms with Gasteiger partial charge in [0.25, 0.3) is 5.95 Å². The van der Waals surface area contributed by atoms with Gasteiger partial charge in [-0.15, -0.1) is 0 Å². The molecule has 13 heavy (non-hydrogen) atoms. The fraction of sp³-hybridized carbons (Fsp3) is 0.273. The van der Waals surface area contributed by atoms with Crippen molar-refractivity contribution in [3.63, 3.8) is 0 Å². The van der Waals surface area contributed by atoms with E-state index in [1.807, 2.05) is 36.4 Å². The van der Waals surface area contributed by atoms with E-state index in [9.17, 15) is 0 Å². The Balaban J connectivity index is 2.10. The number of hydrogen-bond donors (Lipinski definition) is 0. The summed E-state index contributed by atoms with van der Waals surface area (Å²) in [6, 6.07) is 10.0. The normalized spacial score (nSPS) is 15.8. The van der Waals surface area contributed by atoms with E-state index in [4.69, 9.17) is 9.47 Å². The Bertz CT molecular complexity index is 282. The molecule has 0 amide bonds. The first-order valence-corrected chi connectivity index (χ1v) is 4.47. The molecule has 0 aliphatic carbocycles. The van der Waals surface area contributed by atoms with Crippen LogP contribution in [0.2, 0.25) is 0 Å². The highest BCUT2D eigenvalue weighted by molar-refractivity contribution is 5.49. The van der Waals surface area contributed by atoms with Crippen molar-refractivity contribution in [3.8, 4) is 0 Å². The van der Waals surface area contributed by atoms with Crippen molar-refractivity contribution in [3.05, 3.63) is 41.8 Å². The summed E-state index contributed by atoms with van der Waals surface area (Å²) in [6.07, 6.45) is 2.89. The summed E-state index contributed by atoms with van der Waals surface area (Å²) in [6.45, 7) is 1.53. The number of rotatable bonds is 1. The first-order chi connectivity index (χ1) is 6.45. The molecule has 2 rings (SSSR count). The Labute approximate surface area is 77.8 Å². The average Bonchev–Trinajstić information content (AvgIpc) is 2.21. The maximum Gasteiger partial charge on any atom is 0.279 e. The zero-order valence-electron chi connectivity index (χ0n) is 7.40. The highest BCUT2D eigenvalue weighted by Crippen LogP contribution is 2.12. The predicted molar refractivity (Wildman–Crippen MR) is 50.9 cm³/mol. The van der Waals surface area contributed by atoms with Gasteiger partial charge >= 0.3 is 0 Å². The van der Waals surface area contributed by atoms with Gasteiger partial charge in [0.1, 0.15) is 0 Å². The smallest absolute Gasteiger partial charge is 0.279 e. The summed E-state index contributed by atoms with van der Waals surface area (Å²) in [5.74, 6) is 0.637. The van der Waals surface area contributed by atoms with Gasteiger partial charge < -0.3 is 9.47 Å². The van der Waals surface area contributed by atoms with Gasteiger partial charge in [0.2, 0.25) is 0 Å². The molecule has 0 unspecified atom stereocenters. The Morgan fingerprint density at radius 2 is 1.69 bits per heavy atom. The van der Waals surface area contributed by atoms with Gasteiger partial charge in [-0.25, -0.2) is 0 Å². The average molecular weight is 176 g/mol. The monoisotopic (exact) mass is 176 g/mol. The lowest BCUT2D eigenvalue weighted by molar-refractivity contribution is -0.0103. The standard InChI is InChI=1S/C11H12O2/c1-2-5-10(6-3-1)9-11-12-7-4-8-13-11/h1-3,5-6,9H,4,7-8H2. The largest absolute Gasteiger partial charge is 0.465 e. The van der Waals surface area contributed by atoms with Gasteiger partial charge in [-0.3, -0.25) is 0 Å². The molecule has 0 N–H and O–H groups in total. The molecule has 1 saturated heterocycles. The maximum atomic E-state index is 5.32. The molecule has 1 heterocycles.